The van der Waals surface area contributed by atoms with E-state index in [4.69, 9.17) is 0 Å². The highest BCUT2D eigenvalue weighted by molar-refractivity contribution is 5.86. The lowest BCUT2D eigenvalue weighted by atomic mass is 9.88. The average molecular weight is 339 g/mol. The van der Waals surface area contributed by atoms with Gasteiger partial charge in [0.1, 0.15) is 0 Å². The zero-order chi connectivity index (χ0) is 18.1. The highest BCUT2D eigenvalue weighted by atomic mass is 16.2. The first kappa shape index (κ1) is 18.6. The molecule has 2 amide bonds. The number of carbonyl (C=O) groups is 2. The highest BCUT2D eigenvalue weighted by Crippen LogP contribution is 2.17. The first-order valence-electron chi connectivity index (χ1n) is 8.53. The van der Waals surface area contributed by atoms with E-state index < -0.39 is 0 Å². The van der Waals surface area contributed by atoms with Gasteiger partial charge in [0.15, 0.2) is 0 Å². The lowest BCUT2D eigenvalue weighted by molar-refractivity contribution is -0.129. The molecule has 0 bridgehead atoms. The van der Waals surface area contributed by atoms with Crippen LogP contribution in [-0.2, 0) is 22.6 Å². The van der Waals surface area contributed by atoms with Crippen LogP contribution >= 0.6 is 0 Å². The molecule has 0 spiro atoms. The molecular weight excluding hydrogens is 314 g/mol. The van der Waals surface area contributed by atoms with Crippen LogP contribution in [0.3, 0.4) is 0 Å². The Balaban J connectivity index is 1.81. The summed E-state index contributed by atoms with van der Waals surface area (Å²) in [6.07, 6.45) is 4.03. The normalized spacial score (nSPS) is 11.8. The van der Waals surface area contributed by atoms with Crippen molar-refractivity contribution in [1.29, 1.82) is 0 Å². The van der Waals surface area contributed by atoms with Crippen molar-refractivity contribution in [1.82, 2.24) is 15.6 Å². The van der Waals surface area contributed by atoms with E-state index in [0.717, 1.165) is 11.1 Å². The summed E-state index contributed by atoms with van der Waals surface area (Å²) in [5.74, 6) is -0.249. The van der Waals surface area contributed by atoms with E-state index in [2.05, 4.69) is 15.6 Å². The molecule has 2 N–H and O–H groups in total. The Hall–Kier alpha value is -2.69. The van der Waals surface area contributed by atoms with Crippen LogP contribution in [0.1, 0.15) is 25.0 Å². The largest absolute Gasteiger partial charge is 0.350 e. The Morgan fingerprint density at radius 1 is 0.960 bits per heavy atom. The summed E-state index contributed by atoms with van der Waals surface area (Å²) >= 11 is 0. The molecule has 0 aliphatic carbocycles. The molecule has 132 valence electrons. The summed E-state index contributed by atoms with van der Waals surface area (Å²) in [7, 11) is 0. The number of benzene rings is 1. The van der Waals surface area contributed by atoms with E-state index in [9.17, 15) is 9.59 Å². The Bertz CT molecular complexity index is 672. The molecule has 1 aromatic heterocycles. The minimum Gasteiger partial charge on any atom is -0.350 e. The second-order valence-electron chi connectivity index (χ2n) is 6.39. The second-order valence-corrected chi connectivity index (χ2v) is 6.39. The number of nitrogens with zero attached hydrogens (tertiary/aromatic N) is 1. The molecule has 5 heteroatoms. The van der Waals surface area contributed by atoms with Crippen molar-refractivity contribution in [3.05, 3.63) is 66.0 Å². The highest BCUT2D eigenvalue weighted by Gasteiger charge is 2.22. The van der Waals surface area contributed by atoms with Crippen molar-refractivity contribution in [2.45, 2.75) is 26.8 Å². The second kappa shape index (κ2) is 9.57. The van der Waals surface area contributed by atoms with Crippen molar-refractivity contribution in [3.63, 3.8) is 0 Å². The van der Waals surface area contributed by atoms with E-state index in [1.807, 2.05) is 56.3 Å². The van der Waals surface area contributed by atoms with Crippen molar-refractivity contribution in [2.75, 3.05) is 6.54 Å². The number of hydrogen-bond donors (Lipinski definition) is 2. The number of aromatic nitrogens is 1. The van der Waals surface area contributed by atoms with E-state index in [1.54, 1.807) is 12.4 Å². The fourth-order valence-electron chi connectivity index (χ4n) is 2.56. The summed E-state index contributed by atoms with van der Waals surface area (Å²) in [6, 6.07) is 13.6. The molecule has 1 unspecified atom stereocenters. The van der Waals surface area contributed by atoms with Gasteiger partial charge in [-0.3, -0.25) is 14.6 Å². The SMILES string of the molecule is CC(C)C(Cc1ccccc1)C(=O)NCC(=O)NCc1ccncc1. The number of carbonyl (C=O) groups excluding carboxylic acids is 2. The number of nitrogens with one attached hydrogen (secondary N) is 2. The van der Waals surface area contributed by atoms with Gasteiger partial charge in [0.25, 0.3) is 0 Å². The molecule has 2 aromatic rings. The first-order valence-corrected chi connectivity index (χ1v) is 8.53. The third kappa shape index (κ3) is 6.37. The minimum absolute atomic E-state index is 0.0120. The molecule has 2 rings (SSSR count). The van der Waals surface area contributed by atoms with Gasteiger partial charge >= 0.3 is 0 Å². The lowest BCUT2D eigenvalue weighted by Crippen LogP contribution is -2.41. The standard InChI is InChI=1S/C20H25N3O2/c1-15(2)18(12-16-6-4-3-5-7-16)20(25)23-14-19(24)22-13-17-8-10-21-11-9-17/h3-11,15,18H,12-14H2,1-2H3,(H,22,24)(H,23,25). The molecule has 0 saturated carbocycles. The van der Waals surface area contributed by atoms with Crippen LogP contribution in [-0.4, -0.2) is 23.3 Å². The third-order valence-electron chi connectivity index (χ3n) is 4.10. The van der Waals surface area contributed by atoms with Gasteiger partial charge in [0, 0.05) is 24.9 Å². The summed E-state index contributed by atoms with van der Waals surface area (Å²) in [5.41, 5.74) is 2.09. The van der Waals surface area contributed by atoms with E-state index in [0.29, 0.717) is 13.0 Å². The summed E-state index contributed by atoms with van der Waals surface area (Å²) in [6.45, 7) is 4.46. The lowest BCUT2D eigenvalue weighted by Gasteiger charge is -2.20. The van der Waals surface area contributed by atoms with Gasteiger partial charge in [-0.15, -0.1) is 0 Å². The summed E-state index contributed by atoms with van der Waals surface area (Å²) < 4.78 is 0. The van der Waals surface area contributed by atoms with Crippen LogP contribution in [0.2, 0.25) is 0 Å². The first-order chi connectivity index (χ1) is 12.1. The van der Waals surface area contributed by atoms with Crippen molar-refractivity contribution < 1.29 is 9.59 Å². The summed E-state index contributed by atoms with van der Waals surface area (Å²) in [5, 5.41) is 5.55. The van der Waals surface area contributed by atoms with Gasteiger partial charge in [-0.1, -0.05) is 44.2 Å². The maximum absolute atomic E-state index is 12.5. The van der Waals surface area contributed by atoms with Crippen molar-refractivity contribution in [3.8, 4) is 0 Å². The van der Waals surface area contributed by atoms with E-state index in [1.165, 1.54) is 0 Å². The maximum atomic E-state index is 12.5. The number of hydrogen-bond acceptors (Lipinski definition) is 3. The van der Waals surface area contributed by atoms with E-state index in [-0.39, 0.29) is 30.2 Å². The smallest absolute Gasteiger partial charge is 0.239 e. The quantitative estimate of drug-likeness (QED) is 0.775. The zero-order valence-corrected chi connectivity index (χ0v) is 14.7. The average Bonchev–Trinajstić information content (AvgIpc) is 2.64. The van der Waals surface area contributed by atoms with Gasteiger partial charge in [-0.05, 0) is 35.6 Å². The Morgan fingerprint density at radius 3 is 2.28 bits per heavy atom. The number of pyridine rings is 1. The molecule has 1 atom stereocenters. The zero-order valence-electron chi connectivity index (χ0n) is 14.7. The molecule has 25 heavy (non-hydrogen) atoms. The van der Waals surface area contributed by atoms with Gasteiger partial charge in [-0.2, -0.15) is 0 Å². The number of rotatable bonds is 8. The molecule has 5 nitrogen and oxygen atoms in total. The van der Waals surface area contributed by atoms with Gasteiger partial charge in [0.2, 0.25) is 11.8 Å². The Morgan fingerprint density at radius 2 is 1.64 bits per heavy atom. The summed E-state index contributed by atoms with van der Waals surface area (Å²) in [4.78, 5) is 28.3. The van der Waals surface area contributed by atoms with Crippen molar-refractivity contribution >= 4 is 11.8 Å². The maximum Gasteiger partial charge on any atom is 0.239 e. The molecule has 0 fully saturated rings. The Kier molecular flexibility index (Phi) is 7.14. The molecule has 1 heterocycles. The predicted molar refractivity (Wildman–Crippen MR) is 97.6 cm³/mol. The number of amides is 2. The molecule has 0 aliphatic heterocycles. The molecule has 0 aliphatic rings. The molecule has 0 saturated heterocycles. The van der Waals surface area contributed by atoms with E-state index >= 15 is 0 Å². The van der Waals surface area contributed by atoms with Gasteiger partial charge in [0.05, 0.1) is 6.54 Å². The fraction of sp³-hybridized carbons (Fsp3) is 0.350. The molecule has 1 aromatic carbocycles. The Labute approximate surface area is 148 Å². The van der Waals surface area contributed by atoms with Crippen LogP contribution in [0.15, 0.2) is 54.9 Å². The van der Waals surface area contributed by atoms with Crippen LogP contribution in [0.25, 0.3) is 0 Å². The molecule has 0 radical (unpaired) electrons. The van der Waals surface area contributed by atoms with Crippen LogP contribution < -0.4 is 10.6 Å². The van der Waals surface area contributed by atoms with Gasteiger partial charge < -0.3 is 10.6 Å². The van der Waals surface area contributed by atoms with Crippen molar-refractivity contribution in [2.24, 2.45) is 11.8 Å². The minimum atomic E-state index is -0.202. The van der Waals surface area contributed by atoms with Crippen LogP contribution in [0.5, 0.6) is 0 Å². The van der Waals surface area contributed by atoms with Gasteiger partial charge in [-0.25, -0.2) is 0 Å². The van der Waals surface area contributed by atoms with Crippen LogP contribution in [0.4, 0.5) is 0 Å². The third-order valence-corrected chi connectivity index (χ3v) is 4.10. The van der Waals surface area contributed by atoms with Crippen LogP contribution in [0, 0.1) is 11.8 Å². The topological polar surface area (TPSA) is 71.1 Å². The predicted octanol–water partition coefficient (Wildman–Crippen LogP) is 2.33. The molecular formula is C20H25N3O2. The monoisotopic (exact) mass is 339 g/mol. The fourth-order valence-corrected chi connectivity index (χ4v) is 2.56.